The average molecular weight is 238 g/mol. The Kier molecular flexibility index (Phi) is 3.47. The number of thioether (sulfide) groups is 1. The predicted molar refractivity (Wildman–Crippen MR) is 56.3 cm³/mol. The highest BCUT2D eigenvalue weighted by Gasteiger charge is 2.47. The van der Waals surface area contributed by atoms with Crippen LogP contribution in [0.15, 0.2) is 0 Å². The fourth-order valence-electron chi connectivity index (χ4n) is 1.69. The molecule has 0 aromatic heterocycles. The van der Waals surface area contributed by atoms with Gasteiger partial charge in [-0.1, -0.05) is 0 Å². The summed E-state index contributed by atoms with van der Waals surface area (Å²) < 4.78 is 22.5. The molecule has 1 saturated heterocycles. The summed E-state index contributed by atoms with van der Waals surface area (Å²) in [5.74, 6) is -0.432. The first-order valence-electron chi connectivity index (χ1n) is 4.35. The largest absolute Gasteiger partial charge is 0.481 e. The van der Waals surface area contributed by atoms with Crippen molar-refractivity contribution >= 4 is 27.6 Å². The predicted octanol–water partition coefficient (Wildman–Crippen LogP) is 0.629. The lowest BCUT2D eigenvalue weighted by atomic mass is 9.85. The van der Waals surface area contributed by atoms with Crippen molar-refractivity contribution in [2.24, 2.45) is 5.41 Å². The summed E-state index contributed by atoms with van der Waals surface area (Å²) in [7, 11) is -3.12. The number of hydrogen-bond acceptors (Lipinski definition) is 4. The van der Waals surface area contributed by atoms with E-state index in [9.17, 15) is 13.2 Å². The minimum atomic E-state index is -3.12. The van der Waals surface area contributed by atoms with Crippen LogP contribution in [-0.4, -0.2) is 43.0 Å². The molecule has 6 heteroatoms. The van der Waals surface area contributed by atoms with E-state index in [1.807, 2.05) is 6.26 Å². The molecule has 1 unspecified atom stereocenters. The molecule has 1 fully saturated rings. The summed E-state index contributed by atoms with van der Waals surface area (Å²) >= 11 is 1.55. The molecule has 1 heterocycles. The number of carbonyl (C=O) groups is 1. The molecule has 1 rings (SSSR count). The summed E-state index contributed by atoms with van der Waals surface area (Å²) in [6.45, 7) is 0. The summed E-state index contributed by atoms with van der Waals surface area (Å²) in [5.41, 5.74) is -1.01. The van der Waals surface area contributed by atoms with Crippen molar-refractivity contribution < 1.29 is 18.3 Å². The van der Waals surface area contributed by atoms with Crippen molar-refractivity contribution in [1.29, 1.82) is 0 Å². The van der Waals surface area contributed by atoms with Crippen molar-refractivity contribution in [2.75, 3.05) is 23.5 Å². The molecule has 1 aliphatic heterocycles. The lowest BCUT2D eigenvalue weighted by Crippen LogP contribution is -2.32. The molecular weight excluding hydrogens is 224 g/mol. The minimum Gasteiger partial charge on any atom is -0.481 e. The second-order valence-corrected chi connectivity index (χ2v) is 6.84. The molecule has 0 radical (unpaired) electrons. The second kappa shape index (κ2) is 4.10. The molecule has 1 atom stereocenters. The van der Waals surface area contributed by atoms with Gasteiger partial charge in [-0.3, -0.25) is 4.79 Å². The van der Waals surface area contributed by atoms with Gasteiger partial charge < -0.3 is 5.11 Å². The van der Waals surface area contributed by atoms with Gasteiger partial charge in [0.05, 0.1) is 16.9 Å². The normalized spacial score (nSPS) is 30.4. The van der Waals surface area contributed by atoms with E-state index in [1.54, 1.807) is 11.8 Å². The molecule has 0 aromatic carbocycles. The molecule has 14 heavy (non-hydrogen) atoms. The van der Waals surface area contributed by atoms with Crippen LogP contribution in [0.5, 0.6) is 0 Å². The summed E-state index contributed by atoms with van der Waals surface area (Å²) in [5, 5.41) is 9.05. The first-order valence-corrected chi connectivity index (χ1v) is 7.56. The zero-order chi connectivity index (χ0) is 10.8. The molecule has 4 nitrogen and oxygen atoms in total. The maximum absolute atomic E-state index is 11.2. The number of hydrogen-bond donors (Lipinski definition) is 1. The Balaban J connectivity index is 2.81. The lowest BCUT2D eigenvalue weighted by molar-refractivity contribution is -0.147. The van der Waals surface area contributed by atoms with Crippen LogP contribution in [0.25, 0.3) is 0 Å². The highest BCUT2D eigenvalue weighted by Crippen LogP contribution is 2.36. The molecule has 0 saturated carbocycles. The van der Waals surface area contributed by atoms with Gasteiger partial charge in [-0.2, -0.15) is 11.8 Å². The highest BCUT2D eigenvalue weighted by molar-refractivity contribution is 7.98. The van der Waals surface area contributed by atoms with Crippen LogP contribution in [0.3, 0.4) is 0 Å². The topological polar surface area (TPSA) is 71.4 Å². The second-order valence-electron chi connectivity index (χ2n) is 3.67. The molecule has 1 N–H and O–H groups in total. The van der Waals surface area contributed by atoms with Gasteiger partial charge >= 0.3 is 5.97 Å². The molecule has 0 amide bonds. The fourth-order valence-corrected chi connectivity index (χ4v) is 4.38. The number of carboxylic acids is 1. The summed E-state index contributed by atoms with van der Waals surface area (Å²) in [6.07, 6.45) is 2.60. The van der Waals surface area contributed by atoms with Crippen LogP contribution in [0.4, 0.5) is 0 Å². The van der Waals surface area contributed by atoms with Gasteiger partial charge in [-0.15, -0.1) is 0 Å². The number of sulfone groups is 1. The Morgan fingerprint density at radius 3 is 2.57 bits per heavy atom. The van der Waals surface area contributed by atoms with Gasteiger partial charge in [0, 0.05) is 0 Å². The third-order valence-electron chi connectivity index (χ3n) is 2.63. The van der Waals surface area contributed by atoms with E-state index in [1.165, 1.54) is 0 Å². The minimum absolute atomic E-state index is 0.0215. The van der Waals surface area contributed by atoms with E-state index >= 15 is 0 Å². The number of rotatable bonds is 4. The fraction of sp³-hybridized carbons (Fsp3) is 0.875. The van der Waals surface area contributed by atoms with E-state index in [4.69, 9.17) is 5.11 Å². The van der Waals surface area contributed by atoms with Gasteiger partial charge in [-0.05, 0) is 24.9 Å². The Hall–Kier alpha value is -0.230. The van der Waals surface area contributed by atoms with Gasteiger partial charge in [0.15, 0.2) is 9.84 Å². The smallest absolute Gasteiger partial charge is 0.310 e. The highest BCUT2D eigenvalue weighted by atomic mass is 32.2. The van der Waals surface area contributed by atoms with Crippen LogP contribution >= 0.6 is 11.8 Å². The standard InChI is InChI=1S/C8H14O4S2/c1-13-4-2-8(7(9)10)3-5-14(11,12)6-8/h2-6H2,1H3,(H,9,10). The molecule has 0 aromatic rings. The lowest BCUT2D eigenvalue weighted by Gasteiger charge is -2.21. The Labute approximate surface area is 88.0 Å². The van der Waals surface area contributed by atoms with Gasteiger partial charge in [-0.25, -0.2) is 8.42 Å². The molecular formula is C8H14O4S2. The zero-order valence-electron chi connectivity index (χ0n) is 8.02. The quantitative estimate of drug-likeness (QED) is 0.777. The van der Waals surface area contributed by atoms with E-state index in [-0.39, 0.29) is 17.9 Å². The van der Waals surface area contributed by atoms with Gasteiger partial charge in [0.2, 0.25) is 0 Å². The maximum atomic E-state index is 11.2. The Bertz CT molecular complexity index is 322. The summed E-state index contributed by atoms with van der Waals surface area (Å²) in [4.78, 5) is 11.0. The number of carboxylic acid groups (broad SMARTS) is 1. The monoisotopic (exact) mass is 238 g/mol. The zero-order valence-corrected chi connectivity index (χ0v) is 9.66. The van der Waals surface area contributed by atoms with Crippen molar-refractivity contribution in [3.8, 4) is 0 Å². The SMILES string of the molecule is CSCCC1(C(=O)O)CCS(=O)(=O)C1. The number of aliphatic carboxylic acids is 1. The molecule has 82 valence electrons. The molecule has 1 aliphatic rings. The molecule has 0 aliphatic carbocycles. The van der Waals surface area contributed by atoms with E-state index in [0.29, 0.717) is 12.2 Å². The maximum Gasteiger partial charge on any atom is 0.310 e. The first-order chi connectivity index (χ1) is 6.42. The van der Waals surface area contributed by atoms with Crippen LogP contribution in [0, 0.1) is 5.41 Å². The Morgan fingerprint density at radius 2 is 2.21 bits per heavy atom. The van der Waals surface area contributed by atoms with Crippen LogP contribution in [0.2, 0.25) is 0 Å². The Morgan fingerprint density at radius 1 is 1.57 bits per heavy atom. The van der Waals surface area contributed by atoms with Crippen molar-refractivity contribution in [3.05, 3.63) is 0 Å². The first kappa shape index (κ1) is 11.8. The van der Waals surface area contributed by atoms with Crippen molar-refractivity contribution in [1.82, 2.24) is 0 Å². The molecule has 0 spiro atoms. The van der Waals surface area contributed by atoms with Gasteiger partial charge in [0.25, 0.3) is 0 Å². The van der Waals surface area contributed by atoms with Gasteiger partial charge in [0.1, 0.15) is 0 Å². The third kappa shape index (κ3) is 2.42. The average Bonchev–Trinajstić information content (AvgIpc) is 2.40. The van der Waals surface area contributed by atoms with Crippen LogP contribution in [0.1, 0.15) is 12.8 Å². The van der Waals surface area contributed by atoms with E-state index in [0.717, 1.165) is 0 Å². The van der Waals surface area contributed by atoms with E-state index < -0.39 is 21.2 Å². The third-order valence-corrected chi connectivity index (χ3v) is 5.06. The summed E-state index contributed by atoms with van der Waals surface area (Å²) in [6, 6.07) is 0. The van der Waals surface area contributed by atoms with E-state index in [2.05, 4.69) is 0 Å². The van der Waals surface area contributed by atoms with Crippen molar-refractivity contribution in [2.45, 2.75) is 12.8 Å². The van der Waals surface area contributed by atoms with Crippen molar-refractivity contribution in [3.63, 3.8) is 0 Å². The molecule has 0 bridgehead atoms. The van der Waals surface area contributed by atoms with Crippen LogP contribution < -0.4 is 0 Å². The van der Waals surface area contributed by atoms with Crippen LogP contribution in [-0.2, 0) is 14.6 Å².